The van der Waals surface area contributed by atoms with Gasteiger partial charge < -0.3 is 14.8 Å². The SMILES string of the molecule is Cc1nnc(CN=C(NCCc2cccs2)N2CCC(CC(C)C)C2)n1C.I. The first-order valence-corrected chi connectivity index (χ1v) is 10.8. The maximum absolute atomic E-state index is 4.89. The second-order valence-electron chi connectivity index (χ2n) is 7.85. The molecule has 0 aliphatic carbocycles. The molecule has 8 heteroatoms. The van der Waals surface area contributed by atoms with Crippen LogP contribution in [0.1, 0.15) is 43.2 Å². The summed E-state index contributed by atoms with van der Waals surface area (Å²) in [6.07, 6.45) is 3.58. The zero-order chi connectivity index (χ0) is 19.2. The number of rotatable bonds is 7. The lowest BCUT2D eigenvalue weighted by Crippen LogP contribution is -2.41. The van der Waals surface area contributed by atoms with Crippen LogP contribution < -0.4 is 5.32 Å². The molecule has 156 valence electrons. The molecule has 0 bridgehead atoms. The van der Waals surface area contributed by atoms with E-state index in [4.69, 9.17) is 4.99 Å². The van der Waals surface area contributed by atoms with E-state index in [2.05, 4.69) is 51.8 Å². The Hall–Kier alpha value is -1.16. The minimum atomic E-state index is 0. The number of hydrogen-bond acceptors (Lipinski definition) is 4. The molecule has 3 rings (SSSR count). The molecule has 1 aliphatic rings. The largest absolute Gasteiger partial charge is 0.356 e. The highest BCUT2D eigenvalue weighted by Crippen LogP contribution is 2.23. The third-order valence-corrected chi connectivity index (χ3v) is 6.11. The fourth-order valence-electron chi connectivity index (χ4n) is 3.64. The Kier molecular flexibility index (Phi) is 9.20. The summed E-state index contributed by atoms with van der Waals surface area (Å²) in [6, 6.07) is 4.31. The van der Waals surface area contributed by atoms with Crippen LogP contribution in [0.3, 0.4) is 0 Å². The maximum atomic E-state index is 4.89. The Morgan fingerprint density at radius 2 is 2.21 bits per heavy atom. The molecule has 1 N–H and O–H groups in total. The van der Waals surface area contributed by atoms with Crippen molar-refractivity contribution in [2.75, 3.05) is 19.6 Å². The summed E-state index contributed by atoms with van der Waals surface area (Å²) in [7, 11) is 2.00. The minimum absolute atomic E-state index is 0. The van der Waals surface area contributed by atoms with Gasteiger partial charge in [-0.1, -0.05) is 19.9 Å². The van der Waals surface area contributed by atoms with Gasteiger partial charge in [-0.05, 0) is 49.5 Å². The molecule has 2 aromatic rings. The molecule has 6 nitrogen and oxygen atoms in total. The van der Waals surface area contributed by atoms with Gasteiger partial charge in [0.25, 0.3) is 0 Å². The molecule has 28 heavy (non-hydrogen) atoms. The third-order valence-electron chi connectivity index (χ3n) is 5.18. The van der Waals surface area contributed by atoms with Crippen LogP contribution in [-0.4, -0.2) is 45.3 Å². The van der Waals surface area contributed by atoms with Gasteiger partial charge in [0.05, 0.1) is 0 Å². The van der Waals surface area contributed by atoms with Crippen LogP contribution in [0.4, 0.5) is 0 Å². The highest BCUT2D eigenvalue weighted by molar-refractivity contribution is 14.0. The van der Waals surface area contributed by atoms with Crippen molar-refractivity contribution >= 4 is 41.3 Å². The lowest BCUT2D eigenvalue weighted by molar-refractivity contribution is 0.403. The molecule has 0 spiro atoms. The predicted octanol–water partition coefficient (Wildman–Crippen LogP) is 3.86. The summed E-state index contributed by atoms with van der Waals surface area (Å²) in [6.45, 7) is 10.2. The summed E-state index contributed by atoms with van der Waals surface area (Å²) in [5.74, 6) is 4.36. The molecule has 2 aromatic heterocycles. The van der Waals surface area contributed by atoms with Crippen LogP contribution in [0.25, 0.3) is 0 Å². The molecule has 1 fully saturated rings. The number of nitrogens with one attached hydrogen (secondary N) is 1. The van der Waals surface area contributed by atoms with Crippen molar-refractivity contribution in [3.63, 3.8) is 0 Å². The molecular weight excluding hydrogens is 483 g/mol. The number of aromatic nitrogens is 3. The zero-order valence-corrected chi connectivity index (χ0v) is 20.5. The first-order chi connectivity index (χ1) is 13.0. The number of aliphatic imine (C=N–C) groups is 1. The van der Waals surface area contributed by atoms with Crippen molar-refractivity contribution in [1.29, 1.82) is 0 Å². The summed E-state index contributed by atoms with van der Waals surface area (Å²) < 4.78 is 2.01. The van der Waals surface area contributed by atoms with Crippen molar-refractivity contribution in [3.8, 4) is 0 Å². The first-order valence-electron chi connectivity index (χ1n) is 9.93. The Balaban J connectivity index is 0.00000280. The van der Waals surface area contributed by atoms with Crippen LogP contribution >= 0.6 is 35.3 Å². The number of likely N-dealkylation sites (tertiary alicyclic amines) is 1. The van der Waals surface area contributed by atoms with E-state index >= 15 is 0 Å². The molecule has 0 radical (unpaired) electrons. The van der Waals surface area contributed by atoms with Crippen LogP contribution in [0, 0.1) is 18.8 Å². The van der Waals surface area contributed by atoms with Gasteiger partial charge in [-0.2, -0.15) is 0 Å². The first kappa shape index (κ1) is 23.1. The van der Waals surface area contributed by atoms with E-state index in [-0.39, 0.29) is 24.0 Å². The monoisotopic (exact) mass is 516 g/mol. The summed E-state index contributed by atoms with van der Waals surface area (Å²) >= 11 is 1.81. The number of thiophene rings is 1. The van der Waals surface area contributed by atoms with E-state index in [1.54, 1.807) is 0 Å². The fraction of sp³-hybridized carbons (Fsp3) is 0.650. The average molecular weight is 516 g/mol. The van der Waals surface area contributed by atoms with E-state index in [1.807, 2.05) is 29.9 Å². The molecule has 0 amide bonds. The summed E-state index contributed by atoms with van der Waals surface area (Å²) in [5.41, 5.74) is 0. The van der Waals surface area contributed by atoms with E-state index in [1.165, 1.54) is 17.7 Å². The van der Waals surface area contributed by atoms with Crippen molar-refractivity contribution in [2.24, 2.45) is 23.9 Å². The lowest BCUT2D eigenvalue weighted by atomic mass is 9.97. The van der Waals surface area contributed by atoms with Gasteiger partial charge in [-0.15, -0.1) is 45.5 Å². The topological polar surface area (TPSA) is 58.3 Å². The molecule has 1 unspecified atom stereocenters. The number of halogens is 1. The van der Waals surface area contributed by atoms with Crippen LogP contribution in [0.15, 0.2) is 22.5 Å². The van der Waals surface area contributed by atoms with Crippen molar-refractivity contribution < 1.29 is 0 Å². The normalized spacial score (nSPS) is 17.2. The smallest absolute Gasteiger partial charge is 0.194 e. The Bertz CT molecular complexity index is 740. The van der Waals surface area contributed by atoms with Crippen LogP contribution in [-0.2, 0) is 20.0 Å². The van der Waals surface area contributed by atoms with E-state index in [0.717, 1.165) is 55.5 Å². The van der Waals surface area contributed by atoms with Gasteiger partial charge in [0.1, 0.15) is 12.4 Å². The molecule has 1 aliphatic heterocycles. The van der Waals surface area contributed by atoms with Crippen molar-refractivity contribution in [1.82, 2.24) is 25.0 Å². The molecular formula is C20H33IN6S. The second kappa shape index (κ2) is 11.1. The Morgan fingerprint density at radius 1 is 1.39 bits per heavy atom. The lowest BCUT2D eigenvalue weighted by Gasteiger charge is -2.22. The second-order valence-corrected chi connectivity index (χ2v) is 8.88. The van der Waals surface area contributed by atoms with Gasteiger partial charge in [0.15, 0.2) is 11.8 Å². The molecule has 3 heterocycles. The number of guanidine groups is 1. The van der Waals surface area contributed by atoms with E-state index in [9.17, 15) is 0 Å². The quantitative estimate of drug-likeness (QED) is 0.345. The third kappa shape index (κ3) is 6.43. The number of hydrogen-bond donors (Lipinski definition) is 1. The summed E-state index contributed by atoms with van der Waals surface area (Å²) in [5, 5.41) is 14.1. The van der Waals surface area contributed by atoms with Crippen LogP contribution in [0.5, 0.6) is 0 Å². The van der Waals surface area contributed by atoms with Crippen molar-refractivity contribution in [3.05, 3.63) is 34.0 Å². The molecule has 1 atom stereocenters. The Labute approximate surface area is 189 Å². The van der Waals surface area contributed by atoms with E-state index < -0.39 is 0 Å². The van der Waals surface area contributed by atoms with Gasteiger partial charge >= 0.3 is 0 Å². The van der Waals surface area contributed by atoms with E-state index in [0.29, 0.717) is 6.54 Å². The minimum Gasteiger partial charge on any atom is -0.356 e. The fourth-order valence-corrected chi connectivity index (χ4v) is 4.35. The highest BCUT2D eigenvalue weighted by atomic mass is 127. The average Bonchev–Trinajstić information content (AvgIpc) is 3.36. The standard InChI is InChI=1S/C20H32N6S.HI/c1-15(2)12-17-8-10-26(14-17)20(21-9-7-18-6-5-11-27-18)22-13-19-24-23-16(3)25(19)4;/h5-6,11,15,17H,7-10,12-14H2,1-4H3,(H,21,22);1H. The zero-order valence-electron chi connectivity index (χ0n) is 17.4. The summed E-state index contributed by atoms with van der Waals surface area (Å²) in [4.78, 5) is 8.72. The molecule has 1 saturated heterocycles. The maximum Gasteiger partial charge on any atom is 0.194 e. The van der Waals surface area contributed by atoms with Gasteiger partial charge in [0.2, 0.25) is 0 Å². The Morgan fingerprint density at radius 3 is 2.86 bits per heavy atom. The van der Waals surface area contributed by atoms with Crippen LogP contribution in [0.2, 0.25) is 0 Å². The molecule has 0 saturated carbocycles. The predicted molar refractivity (Wildman–Crippen MR) is 127 cm³/mol. The van der Waals surface area contributed by atoms with Gasteiger partial charge in [-0.3, -0.25) is 0 Å². The molecule has 0 aromatic carbocycles. The van der Waals surface area contributed by atoms with Gasteiger partial charge in [0, 0.05) is 31.6 Å². The van der Waals surface area contributed by atoms with Crippen molar-refractivity contribution in [2.45, 2.75) is 46.6 Å². The number of nitrogens with zero attached hydrogens (tertiary/aromatic N) is 5. The highest BCUT2D eigenvalue weighted by Gasteiger charge is 2.25. The number of aryl methyl sites for hydroxylation is 1. The van der Waals surface area contributed by atoms with Gasteiger partial charge in [-0.25, -0.2) is 4.99 Å².